The molecule has 2 aromatic rings. The summed E-state index contributed by atoms with van der Waals surface area (Å²) in [6, 6.07) is 10.7. The van der Waals surface area contributed by atoms with E-state index < -0.39 is 10.1 Å². The normalized spacial score (nSPS) is 11.0. The third kappa shape index (κ3) is 4.32. The van der Waals surface area contributed by atoms with Crippen LogP contribution in [0.15, 0.2) is 47.4 Å². The van der Waals surface area contributed by atoms with Gasteiger partial charge in [-0.15, -0.1) is 0 Å². The zero-order valence-electron chi connectivity index (χ0n) is 13.8. The van der Waals surface area contributed by atoms with Crippen LogP contribution in [-0.2, 0) is 10.1 Å². The molecule has 0 saturated carbocycles. The van der Waals surface area contributed by atoms with Crippen LogP contribution in [-0.4, -0.2) is 28.7 Å². The molecule has 0 N–H and O–H groups in total. The van der Waals surface area contributed by atoms with E-state index in [-0.39, 0.29) is 10.6 Å². The van der Waals surface area contributed by atoms with E-state index in [0.29, 0.717) is 30.5 Å². The van der Waals surface area contributed by atoms with Crippen LogP contribution in [0, 0.1) is 0 Å². The first-order valence-electron chi connectivity index (χ1n) is 7.48. The molecule has 0 aliphatic heterocycles. The lowest BCUT2D eigenvalue weighted by molar-refractivity contribution is 0.287. The highest BCUT2D eigenvalue weighted by atomic mass is 32.2. The fraction of sp³-hybridized carbons (Fsp3) is 0.294. The molecule has 24 heavy (non-hydrogen) atoms. The van der Waals surface area contributed by atoms with Crippen LogP contribution in [0.5, 0.6) is 23.0 Å². The summed E-state index contributed by atoms with van der Waals surface area (Å²) in [5, 5.41) is 0. The van der Waals surface area contributed by atoms with Gasteiger partial charge in [-0.3, -0.25) is 0 Å². The van der Waals surface area contributed by atoms with Crippen LogP contribution in [0.2, 0.25) is 0 Å². The number of hydrogen-bond acceptors (Lipinski definition) is 6. The van der Waals surface area contributed by atoms with Gasteiger partial charge in [-0.2, -0.15) is 8.42 Å². The van der Waals surface area contributed by atoms with Gasteiger partial charge in [0.2, 0.25) is 0 Å². The van der Waals surface area contributed by atoms with Crippen LogP contribution < -0.4 is 18.4 Å². The number of ether oxygens (including phenoxy) is 3. The summed E-state index contributed by atoms with van der Waals surface area (Å²) in [6.45, 7) is 4.49. The van der Waals surface area contributed by atoms with Crippen molar-refractivity contribution in [1.82, 2.24) is 0 Å². The van der Waals surface area contributed by atoms with E-state index in [4.69, 9.17) is 18.4 Å². The summed E-state index contributed by atoms with van der Waals surface area (Å²) in [5.41, 5.74) is 0. The topological polar surface area (TPSA) is 71.1 Å². The molecule has 0 amide bonds. The summed E-state index contributed by atoms with van der Waals surface area (Å²) in [7, 11) is -2.51. The summed E-state index contributed by atoms with van der Waals surface area (Å²) in [5.74, 6) is 1.51. The zero-order chi connectivity index (χ0) is 17.6. The molecule has 0 bridgehead atoms. The van der Waals surface area contributed by atoms with Crippen LogP contribution in [0.4, 0.5) is 0 Å². The summed E-state index contributed by atoms with van der Waals surface area (Å²) in [6.07, 6.45) is 0. The van der Waals surface area contributed by atoms with E-state index >= 15 is 0 Å². The largest absolute Gasteiger partial charge is 0.497 e. The van der Waals surface area contributed by atoms with Crippen LogP contribution in [0.25, 0.3) is 0 Å². The Hall–Kier alpha value is -2.41. The van der Waals surface area contributed by atoms with Gasteiger partial charge in [0, 0.05) is 12.1 Å². The molecule has 7 heteroatoms. The quantitative estimate of drug-likeness (QED) is 0.679. The summed E-state index contributed by atoms with van der Waals surface area (Å²) < 4.78 is 46.0. The van der Waals surface area contributed by atoms with Crippen molar-refractivity contribution in [2.75, 3.05) is 20.3 Å². The lowest BCUT2D eigenvalue weighted by atomic mass is 10.3. The van der Waals surface area contributed by atoms with Gasteiger partial charge < -0.3 is 18.4 Å². The molecule has 0 aromatic heterocycles. The minimum atomic E-state index is -4.00. The molecule has 0 fully saturated rings. The van der Waals surface area contributed by atoms with Crippen LogP contribution in [0.3, 0.4) is 0 Å². The van der Waals surface area contributed by atoms with Crippen LogP contribution >= 0.6 is 0 Å². The third-order valence-corrected chi connectivity index (χ3v) is 4.29. The molecule has 0 saturated heterocycles. The molecule has 0 aliphatic rings. The fourth-order valence-electron chi connectivity index (χ4n) is 2.01. The average Bonchev–Trinajstić information content (AvgIpc) is 2.56. The van der Waals surface area contributed by atoms with Gasteiger partial charge in [-0.25, -0.2) is 0 Å². The van der Waals surface area contributed by atoms with Gasteiger partial charge in [0.25, 0.3) is 0 Å². The minimum absolute atomic E-state index is 0.0165. The van der Waals surface area contributed by atoms with Gasteiger partial charge in [-0.1, -0.05) is 6.07 Å². The molecule has 0 spiro atoms. The molecule has 2 aromatic carbocycles. The van der Waals surface area contributed by atoms with Crippen molar-refractivity contribution in [1.29, 1.82) is 0 Å². The monoisotopic (exact) mass is 352 g/mol. The molecule has 6 nitrogen and oxygen atoms in total. The van der Waals surface area contributed by atoms with E-state index in [0.717, 1.165) is 0 Å². The van der Waals surface area contributed by atoms with E-state index in [1.54, 1.807) is 18.2 Å². The maximum Gasteiger partial charge on any atom is 0.339 e. The van der Waals surface area contributed by atoms with Crippen molar-refractivity contribution in [2.24, 2.45) is 0 Å². The SMILES string of the molecule is CCOc1ccc(S(=O)(=O)Oc2cccc(OC)c2)cc1OCC. The Labute approximate surface area is 142 Å². The number of benzene rings is 2. The molecule has 0 heterocycles. The van der Waals surface area contributed by atoms with Gasteiger partial charge >= 0.3 is 10.1 Å². The lowest BCUT2D eigenvalue weighted by Crippen LogP contribution is -2.10. The predicted octanol–water partition coefficient (Wildman–Crippen LogP) is 3.26. The highest BCUT2D eigenvalue weighted by Gasteiger charge is 2.20. The fourth-order valence-corrected chi connectivity index (χ4v) is 2.95. The number of methoxy groups -OCH3 is 1. The highest BCUT2D eigenvalue weighted by molar-refractivity contribution is 7.87. The standard InChI is InChI=1S/C17H20O6S/c1-4-21-16-10-9-15(12-17(16)22-5-2)24(18,19)23-14-8-6-7-13(11-14)20-3/h6-12H,4-5H2,1-3H3. The Kier molecular flexibility index (Phi) is 5.92. The van der Waals surface area contributed by atoms with E-state index in [1.165, 1.54) is 31.4 Å². The van der Waals surface area contributed by atoms with Crippen molar-refractivity contribution in [3.8, 4) is 23.0 Å². The van der Waals surface area contributed by atoms with E-state index in [9.17, 15) is 8.42 Å². The van der Waals surface area contributed by atoms with Crippen molar-refractivity contribution in [3.63, 3.8) is 0 Å². The van der Waals surface area contributed by atoms with Gasteiger partial charge in [0.05, 0.1) is 20.3 Å². The molecule has 0 unspecified atom stereocenters. The molecular formula is C17H20O6S. The first-order chi connectivity index (χ1) is 11.5. The second-order valence-corrected chi connectivity index (χ2v) is 6.24. The zero-order valence-corrected chi connectivity index (χ0v) is 14.6. The molecule has 130 valence electrons. The first-order valence-corrected chi connectivity index (χ1v) is 8.89. The average molecular weight is 352 g/mol. The Balaban J connectivity index is 2.32. The Morgan fingerprint density at radius 1 is 0.875 bits per heavy atom. The lowest BCUT2D eigenvalue weighted by Gasteiger charge is -2.13. The number of rotatable bonds is 8. The first kappa shape index (κ1) is 17.9. The van der Waals surface area contributed by atoms with E-state index in [2.05, 4.69) is 0 Å². The summed E-state index contributed by atoms with van der Waals surface area (Å²) >= 11 is 0. The second kappa shape index (κ2) is 7.92. The van der Waals surface area contributed by atoms with Crippen molar-refractivity contribution < 1.29 is 26.8 Å². The van der Waals surface area contributed by atoms with Crippen LogP contribution in [0.1, 0.15) is 13.8 Å². The van der Waals surface area contributed by atoms with Gasteiger partial charge in [-0.05, 0) is 38.1 Å². The highest BCUT2D eigenvalue weighted by Crippen LogP contribution is 2.31. The Bertz CT molecular complexity index is 785. The maximum absolute atomic E-state index is 12.5. The van der Waals surface area contributed by atoms with Crippen molar-refractivity contribution in [2.45, 2.75) is 18.7 Å². The smallest absolute Gasteiger partial charge is 0.339 e. The molecule has 2 rings (SSSR count). The molecular weight excluding hydrogens is 332 g/mol. The predicted molar refractivity (Wildman–Crippen MR) is 89.6 cm³/mol. The van der Waals surface area contributed by atoms with Crippen molar-refractivity contribution >= 4 is 10.1 Å². The second-order valence-electron chi connectivity index (χ2n) is 4.69. The molecule has 0 atom stereocenters. The van der Waals surface area contributed by atoms with Crippen molar-refractivity contribution in [3.05, 3.63) is 42.5 Å². The minimum Gasteiger partial charge on any atom is -0.497 e. The molecule has 0 aliphatic carbocycles. The number of hydrogen-bond donors (Lipinski definition) is 0. The summed E-state index contributed by atoms with van der Waals surface area (Å²) in [4.78, 5) is -0.0165. The Morgan fingerprint density at radius 2 is 1.54 bits per heavy atom. The van der Waals surface area contributed by atoms with E-state index in [1.807, 2.05) is 13.8 Å². The Morgan fingerprint density at radius 3 is 2.21 bits per heavy atom. The third-order valence-electron chi connectivity index (χ3n) is 3.05. The molecule has 0 radical (unpaired) electrons. The van der Waals surface area contributed by atoms with Gasteiger partial charge in [0.1, 0.15) is 16.4 Å². The maximum atomic E-state index is 12.5. The van der Waals surface area contributed by atoms with Gasteiger partial charge in [0.15, 0.2) is 11.5 Å².